The molecule has 0 unspecified atom stereocenters. The van der Waals surface area contributed by atoms with Crippen molar-refractivity contribution >= 4 is 28.9 Å². The summed E-state index contributed by atoms with van der Waals surface area (Å²) in [7, 11) is 1.73. The number of non-ortho nitro benzene ring substituents is 1. The molecule has 3 rings (SSSR count). The Morgan fingerprint density at radius 3 is 2.29 bits per heavy atom. The normalized spacial score (nSPS) is 14.0. The average Bonchev–Trinajstić information content (AvgIpc) is 2.78. The number of benzene rings is 2. The van der Waals surface area contributed by atoms with Crippen LogP contribution in [0.4, 0.5) is 17.1 Å². The summed E-state index contributed by atoms with van der Waals surface area (Å²) in [6, 6.07) is 9.35. The molecule has 0 atom stereocenters. The molecule has 0 saturated heterocycles. The minimum absolute atomic E-state index is 0.126. The van der Waals surface area contributed by atoms with Crippen molar-refractivity contribution in [2.75, 3.05) is 12.4 Å². The summed E-state index contributed by atoms with van der Waals surface area (Å²) >= 11 is 0. The van der Waals surface area contributed by atoms with E-state index in [4.69, 9.17) is 0 Å². The van der Waals surface area contributed by atoms with Crippen LogP contribution in [0.3, 0.4) is 0 Å². The van der Waals surface area contributed by atoms with Crippen LogP contribution in [0.5, 0.6) is 0 Å². The quantitative estimate of drug-likeness (QED) is 0.544. The number of carbonyl (C=O) groups excluding carboxylic acids is 2. The van der Waals surface area contributed by atoms with Gasteiger partial charge in [0, 0.05) is 19.2 Å². The van der Waals surface area contributed by atoms with Gasteiger partial charge in [0.05, 0.1) is 27.2 Å². The maximum Gasteiger partial charge on any atom is 0.289 e. The van der Waals surface area contributed by atoms with Gasteiger partial charge in [0.15, 0.2) is 0 Å². The van der Waals surface area contributed by atoms with E-state index in [0.29, 0.717) is 0 Å². The molecule has 0 aliphatic heterocycles. The third-order valence-corrected chi connectivity index (χ3v) is 5.48. The first-order valence-corrected chi connectivity index (χ1v) is 9.90. The van der Waals surface area contributed by atoms with E-state index in [9.17, 15) is 29.8 Å². The fourth-order valence-electron chi connectivity index (χ4n) is 3.77. The number of nitro benzene ring substituents is 2. The highest BCUT2D eigenvalue weighted by atomic mass is 16.6. The van der Waals surface area contributed by atoms with Crippen molar-refractivity contribution in [3.05, 3.63) is 73.8 Å². The van der Waals surface area contributed by atoms with Gasteiger partial charge in [0.1, 0.15) is 5.56 Å². The molecule has 2 amide bonds. The van der Waals surface area contributed by atoms with Crippen LogP contribution in [0.25, 0.3) is 0 Å². The molecule has 10 heteroatoms. The number of rotatable bonds is 6. The van der Waals surface area contributed by atoms with Crippen molar-refractivity contribution in [2.45, 2.75) is 38.1 Å². The van der Waals surface area contributed by atoms with Gasteiger partial charge in [0.2, 0.25) is 0 Å². The van der Waals surface area contributed by atoms with Gasteiger partial charge >= 0.3 is 0 Å². The summed E-state index contributed by atoms with van der Waals surface area (Å²) in [5, 5.41) is 24.8. The lowest BCUT2D eigenvalue weighted by Gasteiger charge is -2.31. The lowest BCUT2D eigenvalue weighted by atomic mass is 9.94. The standard InChI is InChI=1S/C21H22N4O6/c1-23(14-7-3-2-4-8-14)21(27)16-9-5-6-10-18(16)22-20(26)17-12-11-15(24(28)29)13-19(17)25(30)31/h5-6,9-14H,2-4,7-8H2,1H3,(H,22,26). The Balaban J connectivity index is 1.87. The lowest BCUT2D eigenvalue weighted by Crippen LogP contribution is -2.38. The van der Waals surface area contributed by atoms with Gasteiger partial charge in [0.25, 0.3) is 23.2 Å². The highest BCUT2D eigenvalue weighted by molar-refractivity contribution is 6.10. The molecular formula is C21H22N4O6. The highest BCUT2D eigenvalue weighted by Gasteiger charge is 2.27. The van der Waals surface area contributed by atoms with Crippen LogP contribution in [0.1, 0.15) is 52.8 Å². The molecule has 1 aliphatic carbocycles. The Kier molecular flexibility index (Phi) is 6.58. The summed E-state index contributed by atoms with van der Waals surface area (Å²) in [5.74, 6) is -1.08. The Hall–Kier alpha value is -3.82. The van der Waals surface area contributed by atoms with Crippen LogP contribution in [0, 0.1) is 20.2 Å². The molecule has 31 heavy (non-hydrogen) atoms. The van der Waals surface area contributed by atoms with Gasteiger partial charge in [-0.25, -0.2) is 0 Å². The van der Waals surface area contributed by atoms with Crippen molar-refractivity contribution in [2.24, 2.45) is 0 Å². The van der Waals surface area contributed by atoms with Gasteiger partial charge in [-0.3, -0.25) is 29.8 Å². The zero-order valence-corrected chi connectivity index (χ0v) is 16.9. The van der Waals surface area contributed by atoms with E-state index in [1.807, 2.05) is 0 Å². The predicted octanol–water partition coefficient (Wildman–Crippen LogP) is 4.16. The van der Waals surface area contributed by atoms with E-state index in [1.54, 1.807) is 30.1 Å². The molecule has 1 saturated carbocycles. The van der Waals surface area contributed by atoms with Crippen LogP contribution < -0.4 is 5.32 Å². The van der Waals surface area contributed by atoms with Gasteiger partial charge in [-0.2, -0.15) is 0 Å². The minimum atomic E-state index is -0.851. The van der Waals surface area contributed by atoms with Gasteiger partial charge in [-0.1, -0.05) is 31.4 Å². The Labute approximate surface area is 178 Å². The molecule has 0 spiro atoms. The van der Waals surface area contributed by atoms with Crippen molar-refractivity contribution in [1.82, 2.24) is 4.90 Å². The molecule has 1 N–H and O–H groups in total. The van der Waals surface area contributed by atoms with Gasteiger partial charge < -0.3 is 10.2 Å². The highest BCUT2D eigenvalue weighted by Crippen LogP contribution is 2.28. The molecule has 2 aromatic carbocycles. The van der Waals surface area contributed by atoms with Gasteiger partial charge in [-0.15, -0.1) is 0 Å². The Bertz CT molecular complexity index is 1030. The number of nitro groups is 2. The second kappa shape index (κ2) is 9.33. The van der Waals surface area contributed by atoms with E-state index in [0.717, 1.165) is 50.3 Å². The van der Waals surface area contributed by atoms with E-state index in [-0.39, 0.29) is 28.8 Å². The van der Waals surface area contributed by atoms with Crippen LogP contribution in [-0.2, 0) is 0 Å². The monoisotopic (exact) mass is 426 g/mol. The van der Waals surface area contributed by atoms with Crippen LogP contribution in [0.2, 0.25) is 0 Å². The summed E-state index contributed by atoms with van der Waals surface area (Å²) in [6.07, 6.45) is 5.12. The molecule has 0 bridgehead atoms. The Morgan fingerprint density at radius 1 is 0.968 bits per heavy atom. The number of carbonyl (C=O) groups is 2. The lowest BCUT2D eigenvalue weighted by molar-refractivity contribution is -0.394. The summed E-state index contributed by atoms with van der Waals surface area (Å²) < 4.78 is 0. The van der Waals surface area contributed by atoms with Crippen LogP contribution >= 0.6 is 0 Å². The van der Waals surface area contributed by atoms with Crippen molar-refractivity contribution in [3.8, 4) is 0 Å². The fraction of sp³-hybridized carbons (Fsp3) is 0.333. The number of hydrogen-bond acceptors (Lipinski definition) is 6. The minimum Gasteiger partial charge on any atom is -0.339 e. The number of nitrogens with one attached hydrogen (secondary N) is 1. The molecule has 0 aromatic heterocycles. The number of nitrogens with zero attached hydrogens (tertiary/aromatic N) is 3. The first-order valence-electron chi connectivity index (χ1n) is 9.90. The van der Waals surface area contributed by atoms with E-state index >= 15 is 0 Å². The van der Waals surface area contributed by atoms with Crippen LogP contribution in [0.15, 0.2) is 42.5 Å². The topological polar surface area (TPSA) is 136 Å². The summed E-state index contributed by atoms with van der Waals surface area (Å²) in [6.45, 7) is 0. The number of hydrogen-bond donors (Lipinski definition) is 1. The molecular weight excluding hydrogens is 404 g/mol. The smallest absolute Gasteiger partial charge is 0.289 e. The van der Waals surface area contributed by atoms with Gasteiger partial charge in [-0.05, 0) is 31.0 Å². The molecule has 10 nitrogen and oxygen atoms in total. The van der Waals surface area contributed by atoms with Crippen molar-refractivity contribution < 1.29 is 19.4 Å². The third kappa shape index (κ3) is 4.85. The van der Waals surface area contributed by atoms with Crippen LogP contribution in [-0.4, -0.2) is 39.7 Å². The molecule has 1 fully saturated rings. The first-order chi connectivity index (χ1) is 14.8. The molecule has 1 aliphatic rings. The molecule has 162 valence electrons. The van der Waals surface area contributed by atoms with E-state index in [2.05, 4.69) is 5.32 Å². The summed E-state index contributed by atoms with van der Waals surface area (Å²) in [4.78, 5) is 48.1. The maximum atomic E-state index is 13.1. The molecule has 0 heterocycles. The molecule has 2 aromatic rings. The summed E-state index contributed by atoms with van der Waals surface area (Å²) in [5.41, 5.74) is -1.03. The number of amides is 2. The zero-order valence-electron chi connectivity index (χ0n) is 16.9. The second-order valence-electron chi connectivity index (χ2n) is 7.42. The van der Waals surface area contributed by atoms with E-state index in [1.165, 1.54) is 6.07 Å². The van der Waals surface area contributed by atoms with Crippen molar-refractivity contribution in [1.29, 1.82) is 0 Å². The third-order valence-electron chi connectivity index (χ3n) is 5.48. The number of anilines is 1. The number of para-hydroxylation sites is 1. The zero-order chi connectivity index (χ0) is 22.5. The first kappa shape index (κ1) is 21.9. The SMILES string of the molecule is CN(C(=O)c1ccccc1NC(=O)c1ccc([N+](=O)[O-])cc1[N+](=O)[O-])C1CCCCC1. The largest absolute Gasteiger partial charge is 0.339 e. The second-order valence-corrected chi connectivity index (χ2v) is 7.42. The predicted molar refractivity (Wildman–Crippen MR) is 113 cm³/mol. The maximum absolute atomic E-state index is 13.1. The average molecular weight is 426 g/mol. The Morgan fingerprint density at radius 2 is 1.65 bits per heavy atom. The van der Waals surface area contributed by atoms with Crippen molar-refractivity contribution in [3.63, 3.8) is 0 Å². The van der Waals surface area contributed by atoms with E-state index < -0.39 is 27.1 Å². The fourth-order valence-corrected chi connectivity index (χ4v) is 3.77. The molecule has 0 radical (unpaired) electrons.